The minimum atomic E-state index is 0.423. The molecule has 0 radical (unpaired) electrons. The Balaban J connectivity index is 2.42. The summed E-state index contributed by atoms with van der Waals surface area (Å²) < 4.78 is 0. The van der Waals surface area contributed by atoms with Gasteiger partial charge in [-0.15, -0.1) is 0 Å². The van der Waals surface area contributed by atoms with Gasteiger partial charge in [-0.05, 0) is 30.0 Å². The molecule has 0 saturated carbocycles. The van der Waals surface area contributed by atoms with Gasteiger partial charge in [0.1, 0.15) is 0 Å². The Kier molecular flexibility index (Phi) is 5.58. The van der Waals surface area contributed by atoms with Gasteiger partial charge >= 0.3 is 0 Å². The molecule has 2 unspecified atom stereocenters. The van der Waals surface area contributed by atoms with Crippen molar-refractivity contribution in [2.45, 2.75) is 32.7 Å². The van der Waals surface area contributed by atoms with Crippen LogP contribution in [0.5, 0.6) is 0 Å². The Morgan fingerprint density at radius 3 is 1.48 bits per heavy atom. The Bertz CT molecular complexity index is 479. The van der Waals surface area contributed by atoms with Gasteiger partial charge in [0.25, 0.3) is 0 Å². The zero-order chi connectivity index (χ0) is 15.2. The number of nitrogens with one attached hydrogen (secondary N) is 1. The lowest BCUT2D eigenvalue weighted by Gasteiger charge is -2.34. The van der Waals surface area contributed by atoms with Gasteiger partial charge in [0.05, 0.1) is 0 Å². The zero-order valence-electron chi connectivity index (χ0n) is 13.6. The highest BCUT2D eigenvalue weighted by Crippen LogP contribution is 2.35. The Morgan fingerprint density at radius 2 is 1.14 bits per heavy atom. The monoisotopic (exact) mass is 281 g/mol. The first-order chi connectivity index (χ1) is 10.1. The van der Waals surface area contributed by atoms with E-state index in [-0.39, 0.29) is 0 Å². The van der Waals surface area contributed by atoms with Crippen LogP contribution in [0.1, 0.15) is 37.8 Å². The summed E-state index contributed by atoms with van der Waals surface area (Å²) in [6.45, 7) is 6.96. The summed E-state index contributed by atoms with van der Waals surface area (Å²) in [6, 6.07) is 22.2. The second-order valence-electron chi connectivity index (χ2n) is 6.22. The van der Waals surface area contributed by atoms with Crippen LogP contribution in [0.3, 0.4) is 0 Å². The van der Waals surface area contributed by atoms with Gasteiger partial charge < -0.3 is 5.32 Å². The molecule has 2 rings (SSSR count). The Morgan fingerprint density at radius 1 is 0.714 bits per heavy atom. The highest BCUT2D eigenvalue weighted by molar-refractivity contribution is 5.33. The van der Waals surface area contributed by atoms with Crippen molar-refractivity contribution in [3.05, 3.63) is 71.8 Å². The predicted octanol–water partition coefficient (Wildman–Crippen LogP) is 4.70. The minimum Gasteiger partial charge on any atom is -0.316 e. The molecule has 0 spiro atoms. The molecule has 0 aliphatic carbocycles. The molecule has 1 N–H and O–H groups in total. The molecule has 2 atom stereocenters. The summed E-state index contributed by atoms with van der Waals surface area (Å²) in [6.07, 6.45) is 0. The Hall–Kier alpha value is -1.60. The van der Waals surface area contributed by atoms with Crippen molar-refractivity contribution in [1.82, 2.24) is 5.32 Å². The van der Waals surface area contributed by atoms with E-state index in [4.69, 9.17) is 0 Å². The fraction of sp³-hybridized carbons (Fsp3) is 0.400. The number of hydrogen-bond donors (Lipinski definition) is 1. The SMILES string of the molecule is CNC(C(C)C)C(C)C(c1ccccc1)c1ccccc1. The molecular formula is C20H27N. The van der Waals surface area contributed by atoms with Crippen molar-refractivity contribution in [3.63, 3.8) is 0 Å². The van der Waals surface area contributed by atoms with Crippen LogP contribution in [0.4, 0.5) is 0 Å². The zero-order valence-corrected chi connectivity index (χ0v) is 13.6. The Labute approximate surface area is 129 Å². The van der Waals surface area contributed by atoms with Gasteiger partial charge in [-0.1, -0.05) is 81.4 Å². The van der Waals surface area contributed by atoms with Crippen LogP contribution in [0.15, 0.2) is 60.7 Å². The second kappa shape index (κ2) is 7.42. The summed E-state index contributed by atoms with van der Waals surface area (Å²) in [5, 5.41) is 3.52. The van der Waals surface area contributed by atoms with Crippen molar-refractivity contribution in [2.24, 2.45) is 11.8 Å². The maximum Gasteiger partial charge on any atom is 0.0130 e. The van der Waals surface area contributed by atoms with Gasteiger partial charge in [-0.25, -0.2) is 0 Å². The van der Waals surface area contributed by atoms with Crippen molar-refractivity contribution < 1.29 is 0 Å². The standard InChI is InChI=1S/C20H27N/c1-15(2)20(21-4)16(3)19(17-11-7-5-8-12-17)18-13-9-6-10-14-18/h5-16,19-21H,1-4H3. The quantitative estimate of drug-likeness (QED) is 0.809. The molecule has 1 heteroatoms. The maximum absolute atomic E-state index is 3.52. The van der Waals surface area contributed by atoms with E-state index in [9.17, 15) is 0 Å². The van der Waals surface area contributed by atoms with Gasteiger partial charge in [0.15, 0.2) is 0 Å². The first kappa shape index (κ1) is 15.8. The average molecular weight is 281 g/mol. The summed E-state index contributed by atoms with van der Waals surface area (Å²) in [5.74, 6) is 1.56. The molecule has 112 valence electrons. The normalized spacial score (nSPS) is 14.4. The van der Waals surface area contributed by atoms with Gasteiger partial charge in [0, 0.05) is 12.0 Å². The van der Waals surface area contributed by atoms with Crippen LogP contribution < -0.4 is 5.32 Å². The minimum absolute atomic E-state index is 0.423. The highest BCUT2D eigenvalue weighted by Gasteiger charge is 2.29. The topological polar surface area (TPSA) is 12.0 Å². The molecule has 0 heterocycles. The van der Waals surface area contributed by atoms with E-state index in [0.29, 0.717) is 23.8 Å². The molecule has 0 bridgehead atoms. The van der Waals surface area contributed by atoms with Crippen molar-refractivity contribution in [3.8, 4) is 0 Å². The van der Waals surface area contributed by atoms with Gasteiger partial charge in [-0.3, -0.25) is 0 Å². The van der Waals surface area contributed by atoms with Crippen LogP contribution in [0.2, 0.25) is 0 Å². The van der Waals surface area contributed by atoms with Crippen LogP contribution in [-0.4, -0.2) is 13.1 Å². The lowest BCUT2D eigenvalue weighted by molar-refractivity contribution is 0.293. The smallest absolute Gasteiger partial charge is 0.0130 e. The first-order valence-electron chi connectivity index (χ1n) is 7.92. The van der Waals surface area contributed by atoms with Crippen LogP contribution in [0, 0.1) is 11.8 Å². The molecule has 0 aliphatic heterocycles. The van der Waals surface area contributed by atoms with Gasteiger partial charge in [0.2, 0.25) is 0 Å². The third kappa shape index (κ3) is 3.74. The van der Waals surface area contributed by atoms with E-state index in [0.717, 1.165) is 0 Å². The van der Waals surface area contributed by atoms with Crippen LogP contribution in [0.25, 0.3) is 0 Å². The second-order valence-corrected chi connectivity index (χ2v) is 6.22. The maximum atomic E-state index is 3.52. The third-order valence-corrected chi connectivity index (χ3v) is 4.46. The summed E-state index contributed by atoms with van der Waals surface area (Å²) in [4.78, 5) is 0. The first-order valence-corrected chi connectivity index (χ1v) is 7.92. The average Bonchev–Trinajstić information content (AvgIpc) is 2.50. The van der Waals surface area contributed by atoms with E-state index in [1.165, 1.54) is 11.1 Å². The molecule has 21 heavy (non-hydrogen) atoms. The molecule has 0 saturated heterocycles. The van der Waals surface area contributed by atoms with E-state index < -0.39 is 0 Å². The number of rotatable bonds is 6. The fourth-order valence-electron chi connectivity index (χ4n) is 3.53. The van der Waals surface area contributed by atoms with Crippen molar-refractivity contribution in [2.75, 3.05) is 7.05 Å². The lowest BCUT2D eigenvalue weighted by Crippen LogP contribution is -2.39. The van der Waals surface area contributed by atoms with Crippen molar-refractivity contribution >= 4 is 0 Å². The van der Waals surface area contributed by atoms with E-state index >= 15 is 0 Å². The fourth-order valence-corrected chi connectivity index (χ4v) is 3.53. The lowest BCUT2D eigenvalue weighted by atomic mass is 9.75. The summed E-state index contributed by atoms with van der Waals surface area (Å²) in [5.41, 5.74) is 2.80. The molecule has 0 aromatic heterocycles. The third-order valence-electron chi connectivity index (χ3n) is 4.46. The molecule has 2 aromatic carbocycles. The van der Waals surface area contributed by atoms with Gasteiger partial charge in [-0.2, -0.15) is 0 Å². The molecule has 0 aliphatic rings. The summed E-state index contributed by atoms with van der Waals surface area (Å²) in [7, 11) is 2.08. The van der Waals surface area contributed by atoms with Crippen LogP contribution >= 0.6 is 0 Å². The highest BCUT2D eigenvalue weighted by atomic mass is 14.9. The predicted molar refractivity (Wildman–Crippen MR) is 91.6 cm³/mol. The largest absolute Gasteiger partial charge is 0.316 e. The molecule has 1 nitrogen and oxygen atoms in total. The van der Waals surface area contributed by atoms with E-state index in [1.54, 1.807) is 0 Å². The number of hydrogen-bond acceptors (Lipinski definition) is 1. The molecule has 0 amide bonds. The molecule has 0 fully saturated rings. The molecule has 2 aromatic rings. The van der Waals surface area contributed by atoms with Crippen LogP contribution in [-0.2, 0) is 0 Å². The van der Waals surface area contributed by atoms with E-state index in [1.807, 2.05) is 0 Å². The van der Waals surface area contributed by atoms with Crippen molar-refractivity contribution in [1.29, 1.82) is 0 Å². The molecular weight excluding hydrogens is 254 g/mol. The number of benzene rings is 2. The summed E-state index contributed by atoms with van der Waals surface area (Å²) >= 11 is 0. The van der Waals surface area contributed by atoms with E-state index in [2.05, 4.69) is 93.8 Å².